The van der Waals surface area contributed by atoms with Crippen LogP contribution in [-0.2, 0) is 32.3 Å². The first kappa shape index (κ1) is 32.7. The number of sulfonamides is 1. The Kier molecular flexibility index (Phi) is 10.9. The summed E-state index contributed by atoms with van der Waals surface area (Å²) in [5, 5.41) is 2.06. The Morgan fingerprint density at radius 1 is 1.00 bits per heavy atom. The summed E-state index contributed by atoms with van der Waals surface area (Å²) in [6.07, 6.45) is -4.69. The highest BCUT2D eigenvalue weighted by molar-refractivity contribution is 7.92. The van der Waals surface area contributed by atoms with Crippen LogP contribution in [0.2, 0.25) is 5.02 Å². The average Bonchev–Trinajstić information content (AvgIpc) is 2.96. The number of benzene rings is 3. The standard InChI is InChI=1S/C29H31ClF3N3O5S/c1-4-26(28(38)34-5-2)35(18-20-11-14-22(41-3)15-12-20)27(37)19-36(42(39,40)23-9-7-6-8-10-23)21-13-16-25(30)24(17-21)29(31,32)33/h6-17,26H,4-5,18-19H2,1-3H3,(H,34,38). The number of amides is 2. The minimum Gasteiger partial charge on any atom is -0.497 e. The molecular formula is C29H31ClF3N3O5S. The molecule has 226 valence electrons. The Hall–Kier alpha value is -3.77. The van der Waals surface area contributed by atoms with Gasteiger partial charge in [-0.25, -0.2) is 8.42 Å². The Balaban J connectivity index is 2.12. The molecule has 0 saturated carbocycles. The number of carbonyl (C=O) groups is 2. The molecule has 1 unspecified atom stereocenters. The Labute approximate surface area is 248 Å². The van der Waals surface area contributed by atoms with Crippen molar-refractivity contribution in [2.45, 2.75) is 43.9 Å². The van der Waals surface area contributed by atoms with Crippen LogP contribution in [0.1, 0.15) is 31.4 Å². The molecule has 0 spiro atoms. The second kappa shape index (κ2) is 13.9. The van der Waals surface area contributed by atoms with Crippen molar-refractivity contribution in [3.05, 3.63) is 88.9 Å². The van der Waals surface area contributed by atoms with E-state index in [9.17, 15) is 31.2 Å². The van der Waals surface area contributed by atoms with Crippen LogP contribution >= 0.6 is 11.6 Å². The summed E-state index contributed by atoms with van der Waals surface area (Å²) in [6.45, 7) is 2.74. The second-order valence-corrected chi connectivity index (χ2v) is 11.4. The third-order valence-corrected chi connectivity index (χ3v) is 8.52. The first-order valence-electron chi connectivity index (χ1n) is 13.0. The molecule has 0 bridgehead atoms. The van der Waals surface area contributed by atoms with Crippen molar-refractivity contribution in [1.29, 1.82) is 0 Å². The van der Waals surface area contributed by atoms with Gasteiger partial charge in [0, 0.05) is 13.1 Å². The summed E-state index contributed by atoms with van der Waals surface area (Å²) < 4.78 is 74.5. The number of alkyl halides is 3. The smallest absolute Gasteiger partial charge is 0.417 e. The second-order valence-electron chi connectivity index (χ2n) is 9.17. The summed E-state index contributed by atoms with van der Waals surface area (Å²) in [5.74, 6) is -0.687. The normalized spacial score (nSPS) is 12.4. The van der Waals surface area contributed by atoms with E-state index in [1.807, 2.05) is 0 Å². The Morgan fingerprint density at radius 3 is 2.19 bits per heavy atom. The molecule has 3 aromatic rings. The number of methoxy groups -OCH3 is 1. The maximum absolute atomic E-state index is 14.0. The summed E-state index contributed by atoms with van der Waals surface area (Å²) in [4.78, 5) is 27.9. The van der Waals surface area contributed by atoms with Crippen molar-refractivity contribution in [1.82, 2.24) is 10.2 Å². The van der Waals surface area contributed by atoms with E-state index in [1.54, 1.807) is 44.2 Å². The fourth-order valence-corrected chi connectivity index (χ4v) is 5.92. The average molecular weight is 626 g/mol. The van der Waals surface area contributed by atoms with Gasteiger partial charge < -0.3 is 15.0 Å². The van der Waals surface area contributed by atoms with E-state index < -0.39 is 56.9 Å². The minimum atomic E-state index is -4.88. The molecule has 0 aromatic heterocycles. The van der Waals surface area contributed by atoms with Crippen LogP contribution in [0.25, 0.3) is 0 Å². The number of hydrogen-bond donors (Lipinski definition) is 1. The number of carbonyl (C=O) groups excluding carboxylic acids is 2. The van der Waals surface area contributed by atoms with Crippen LogP contribution in [0, 0.1) is 0 Å². The topological polar surface area (TPSA) is 96.0 Å². The van der Waals surface area contributed by atoms with Gasteiger partial charge in [0.1, 0.15) is 18.3 Å². The Bertz CT molecular complexity index is 1490. The van der Waals surface area contributed by atoms with Gasteiger partial charge in [-0.1, -0.05) is 48.9 Å². The van der Waals surface area contributed by atoms with Crippen molar-refractivity contribution in [3.8, 4) is 5.75 Å². The van der Waals surface area contributed by atoms with Gasteiger partial charge in [0.15, 0.2) is 0 Å². The molecule has 0 heterocycles. The summed E-state index contributed by atoms with van der Waals surface area (Å²) >= 11 is 5.79. The fraction of sp³-hybridized carbons (Fsp3) is 0.310. The van der Waals surface area contributed by atoms with Gasteiger partial charge in [-0.3, -0.25) is 13.9 Å². The summed E-state index contributed by atoms with van der Waals surface area (Å²) in [7, 11) is -3.05. The maximum Gasteiger partial charge on any atom is 0.417 e. The summed E-state index contributed by atoms with van der Waals surface area (Å²) in [6, 6.07) is 15.4. The van der Waals surface area contributed by atoms with Crippen molar-refractivity contribution in [2.24, 2.45) is 0 Å². The molecule has 0 aliphatic rings. The number of likely N-dealkylation sites (N-methyl/N-ethyl adjacent to an activating group) is 1. The van der Waals surface area contributed by atoms with Gasteiger partial charge in [0.25, 0.3) is 10.0 Å². The minimum absolute atomic E-state index is 0.0773. The number of anilines is 1. The molecule has 8 nitrogen and oxygen atoms in total. The lowest BCUT2D eigenvalue weighted by Crippen LogP contribution is -2.52. The first-order valence-corrected chi connectivity index (χ1v) is 14.8. The molecule has 3 aromatic carbocycles. The van der Waals surface area contributed by atoms with Crippen LogP contribution in [0.3, 0.4) is 0 Å². The van der Waals surface area contributed by atoms with Crippen molar-refractivity contribution >= 4 is 39.1 Å². The molecular weight excluding hydrogens is 595 g/mol. The molecule has 1 atom stereocenters. The van der Waals surface area contributed by atoms with Gasteiger partial charge >= 0.3 is 6.18 Å². The molecule has 0 fully saturated rings. The predicted octanol–water partition coefficient (Wildman–Crippen LogP) is 5.51. The van der Waals surface area contributed by atoms with Crippen molar-refractivity contribution in [3.63, 3.8) is 0 Å². The molecule has 0 aliphatic carbocycles. The van der Waals surface area contributed by atoms with E-state index in [1.165, 1.54) is 36.3 Å². The van der Waals surface area contributed by atoms with Crippen LogP contribution in [0.4, 0.5) is 18.9 Å². The van der Waals surface area contributed by atoms with E-state index in [4.69, 9.17) is 16.3 Å². The monoisotopic (exact) mass is 625 g/mol. The maximum atomic E-state index is 14.0. The lowest BCUT2D eigenvalue weighted by Gasteiger charge is -2.33. The lowest BCUT2D eigenvalue weighted by molar-refractivity contribution is -0.140. The first-order chi connectivity index (χ1) is 19.8. The van der Waals surface area contributed by atoms with Crippen LogP contribution in [-0.4, -0.2) is 51.4 Å². The fourth-order valence-electron chi connectivity index (χ4n) is 4.27. The zero-order valence-electron chi connectivity index (χ0n) is 23.2. The van der Waals surface area contributed by atoms with Gasteiger partial charge in [0.05, 0.1) is 28.3 Å². The molecule has 13 heteroatoms. The highest BCUT2D eigenvalue weighted by Gasteiger charge is 2.37. The number of hydrogen-bond acceptors (Lipinski definition) is 5. The van der Waals surface area contributed by atoms with Gasteiger partial charge in [-0.05, 0) is 61.4 Å². The molecule has 0 radical (unpaired) electrons. The Morgan fingerprint density at radius 2 is 1.64 bits per heavy atom. The largest absolute Gasteiger partial charge is 0.497 e. The predicted molar refractivity (Wildman–Crippen MR) is 154 cm³/mol. The lowest BCUT2D eigenvalue weighted by atomic mass is 10.1. The van der Waals surface area contributed by atoms with Gasteiger partial charge in [0.2, 0.25) is 11.8 Å². The van der Waals surface area contributed by atoms with E-state index in [-0.39, 0.29) is 17.9 Å². The molecule has 42 heavy (non-hydrogen) atoms. The summed E-state index contributed by atoms with van der Waals surface area (Å²) in [5.41, 5.74) is -1.05. The SMILES string of the molecule is CCNC(=O)C(CC)N(Cc1ccc(OC)cc1)C(=O)CN(c1ccc(Cl)c(C(F)(F)F)c1)S(=O)(=O)c1ccccc1. The molecule has 1 N–H and O–H groups in total. The van der Waals surface area contributed by atoms with Crippen LogP contribution in [0.5, 0.6) is 5.75 Å². The van der Waals surface area contributed by atoms with Gasteiger partial charge in [-0.2, -0.15) is 13.2 Å². The zero-order chi connectivity index (χ0) is 31.1. The van der Waals surface area contributed by atoms with Crippen LogP contribution in [0.15, 0.2) is 77.7 Å². The van der Waals surface area contributed by atoms with Crippen LogP contribution < -0.4 is 14.4 Å². The number of ether oxygens (including phenoxy) is 1. The third-order valence-electron chi connectivity index (χ3n) is 6.40. The van der Waals surface area contributed by atoms with E-state index >= 15 is 0 Å². The van der Waals surface area contributed by atoms with Crippen molar-refractivity contribution < 1.29 is 35.9 Å². The highest BCUT2D eigenvalue weighted by atomic mass is 35.5. The molecule has 0 saturated heterocycles. The molecule has 3 rings (SSSR count). The van der Waals surface area contributed by atoms with Crippen molar-refractivity contribution in [2.75, 3.05) is 24.5 Å². The number of nitrogens with zero attached hydrogens (tertiary/aromatic N) is 2. The number of halogens is 4. The third kappa shape index (κ3) is 7.74. The van der Waals surface area contributed by atoms with Gasteiger partial charge in [-0.15, -0.1) is 0 Å². The quantitative estimate of drug-likeness (QED) is 0.287. The number of nitrogens with one attached hydrogen (secondary N) is 1. The van der Waals surface area contributed by atoms with E-state index in [0.717, 1.165) is 12.1 Å². The van der Waals surface area contributed by atoms with E-state index in [0.29, 0.717) is 28.2 Å². The zero-order valence-corrected chi connectivity index (χ0v) is 24.8. The molecule has 0 aliphatic heterocycles. The highest BCUT2D eigenvalue weighted by Crippen LogP contribution is 2.38. The molecule has 2 amide bonds. The van der Waals surface area contributed by atoms with E-state index in [2.05, 4.69) is 5.32 Å². The number of rotatable bonds is 12.